The van der Waals surface area contributed by atoms with Crippen LogP contribution in [-0.4, -0.2) is 23.0 Å². The van der Waals surface area contributed by atoms with Crippen LogP contribution >= 0.6 is 0 Å². The molecule has 0 saturated carbocycles. The predicted octanol–water partition coefficient (Wildman–Crippen LogP) is 4.22. The fraction of sp³-hybridized carbons (Fsp3) is 0.706. The van der Waals surface area contributed by atoms with Gasteiger partial charge >= 0.3 is 0 Å². The summed E-state index contributed by atoms with van der Waals surface area (Å²) in [5.41, 5.74) is 2.73. The van der Waals surface area contributed by atoms with Crippen molar-refractivity contribution in [2.75, 3.05) is 13.1 Å². The van der Waals surface area contributed by atoms with Crippen molar-refractivity contribution < 1.29 is 0 Å². The van der Waals surface area contributed by atoms with Gasteiger partial charge in [0.25, 0.3) is 0 Å². The number of nitrogens with zero attached hydrogens (tertiary/aromatic N) is 2. The van der Waals surface area contributed by atoms with Crippen LogP contribution in [0, 0.1) is 5.92 Å². The van der Waals surface area contributed by atoms with E-state index in [2.05, 4.69) is 36.7 Å². The van der Waals surface area contributed by atoms with Crippen LogP contribution in [-0.2, 0) is 6.54 Å². The Kier molecular flexibility index (Phi) is 5.38. The van der Waals surface area contributed by atoms with Gasteiger partial charge in [-0.2, -0.15) is 0 Å². The number of pyridine rings is 1. The average Bonchev–Trinajstić information content (AvgIpc) is 2.42. The molecule has 1 aromatic rings. The molecule has 2 rings (SSSR count). The molecule has 2 heteroatoms. The molecule has 1 aliphatic heterocycles. The first kappa shape index (κ1) is 14.5. The van der Waals surface area contributed by atoms with E-state index in [1.165, 1.54) is 49.9 Å². The zero-order valence-electron chi connectivity index (χ0n) is 12.7. The third-order valence-corrected chi connectivity index (χ3v) is 4.29. The van der Waals surface area contributed by atoms with Crippen molar-refractivity contribution in [3.63, 3.8) is 0 Å². The number of aromatic nitrogens is 1. The molecule has 1 aromatic heterocycles. The Balaban J connectivity index is 1.87. The van der Waals surface area contributed by atoms with Gasteiger partial charge in [-0.15, -0.1) is 0 Å². The first-order valence-electron chi connectivity index (χ1n) is 7.85. The summed E-state index contributed by atoms with van der Waals surface area (Å²) >= 11 is 0. The molecule has 106 valence electrons. The second kappa shape index (κ2) is 7.04. The van der Waals surface area contributed by atoms with Gasteiger partial charge in [0.2, 0.25) is 0 Å². The second-order valence-electron chi connectivity index (χ2n) is 6.29. The largest absolute Gasteiger partial charge is 0.299 e. The minimum Gasteiger partial charge on any atom is -0.299 e. The normalized spacial score (nSPS) is 18.1. The van der Waals surface area contributed by atoms with Gasteiger partial charge in [-0.05, 0) is 48.9 Å². The molecule has 1 aliphatic rings. The lowest BCUT2D eigenvalue weighted by Crippen LogP contribution is -2.33. The van der Waals surface area contributed by atoms with Gasteiger partial charge in [0.05, 0.1) is 0 Å². The molecule has 1 fully saturated rings. The smallest absolute Gasteiger partial charge is 0.0313 e. The summed E-state index contributed by atoms with van der Waals surface area (Å²) in [4.78, 5) is 6.98. The summed E-state index contributed by atoms with van der Waals surface area (Å²) in [5, 5.41) is 0. The number of piperidine rings is 1. The first-order valence-corrected chi connectivity index (χ1v) is 7.85. The van der Waals surface area contributed by atoms with Gasteiger partial charge in [-0.25, -0.2) is 0 Å². The van der Waals surface area contributed by atoms with Crippen LogP contribution < -0.4 is 0 Å². The summed E-state index contributed by atoms with van der Waals surface area (Å²) in [6, 6.07) is 2.33. The maximum atomic E-state index is 4.39. The Labute approximate surface area is 118 Å². The summed E-state index contributed by atoms with van der Waals surface area (Å²) in [7, 11) is 0. The van der Waals surface area contributed by atoms with E-state index < -0.39 is 0 Å². The highest BCUT2D eigenvalue weighted by Gasteiger charge is 2.18. The van der Waals surface area contributed by atoms with E-state index >= 15 is 0 Å². The topological polar surface area (TPSA) is 16.1 Å². The highest BCUT2D eigenvalue weighted by Crippen LogP contribution is 2.23. The molecule has 0 bridgehead atoms. The molecule has 0 spiro atoms. The van der Waals surface area contributed by atoms with E-state index in [9.17, 15) is 0 Å². The zero-order valence-corrected chi connectivity index (χ0v) is 12.7. The third-order valence-electron chi connectivity index (χ3n) is 4.29. The van der Waals surface area contributed by atoms with Crippen LogP contribution in [0.4, 0.5) is 0 Å². The second-order valence-corrected chi connectivity index (χ2v) is 6.29. The van der Waals surface area contributed by atoms with Crippen LogP contribution in [0.25, 0.3) is 0 Å². The average molecular weight is 260 g/mol. The Morgan fingerprint density at radius 3 is 2.63 bits per heavy atom. The molecule has 2 heterocycles. The van der Waals surface area contributed by atoms with Gasteiger partial charge in [0.15, 0.2) is 0 Å². The highest BCUT2D eigenvalue weighted by molar-refractivity contribution is 5.20. The molecular weight excluding hydrogens is 232 g/mol. The summed E-state index contributed by atoms with van der Waals surface area (Å²) < 4.78 is 0. The molecule has 0 aromatic carbocycles. The van der Waals surface area contributed by atoms with Crippen molar-refractivity contribution >= 4 is 0 Å². The minimum absolute atomic E-state index is 0.572. The lowest BCUT2D eigenvalue weighted by molar-refractivity contribution is 0.171. The van der Waals surface area contributed by atoms with Gasteiger partial charge in [-0.3, -0.25) is 9.88 Å². The van der Waals surface area contributed by atoms with E-state index in [-0.39, 0.29) is 0 Å². The number of hydrogen-bond acceptors (Lipinski definition) is 2. The Hall–Kier alpha value is -0.890. The summed E-state index contributed by atoms with van der Waals surface area (Å²) in [5.74, 6) is 1.55. The molecule has 19 heavy (non-hydrogen) atoms. The van der Waals surface area contributed by atoms with E-state index in [4.69, 9.17) is 0 Å². The predicted molar refractivity (Wildman–Crippen MR) is 81.2 cm³/mol. The lowest BCUT2D eigenvalue weighted by Gasteiger charge is -2.31. The fourth-order valence-electron chi connectivity index (χ4n) is 3.01. The lowest BCUT2D eigenvalue weighted by atomic mass is 9.92. The monoisotopic (exact) mass is 260 g/mol. The van der Waals surface area contributed by atoms with Crippen LogP contribution in [0.3, 0.4) is 0 Å². The van der Waals surface area contributed by atoms with Crippen molar-refractivity contribution in [1.82, 2.24) is 9.88 Å². The molecule has 0 unspecified atom stereocenters. The quantitative estimate of drug-likeness (QED) is 0.788. The van der Waals surface area contributed by atoms with Crippen LogP contribution in [0.5, 0.6) is 0 Å². The van der Waals surface area contributed by atoms with Crippen LogP contribution in [0.1, 0.15) is 63.5 Å². The Morgan fingerprint density at radius 1 is 1.26 bits per heavy atom. The third kappa shape index (κ3) is 4.31. The summed E-state index contributed by atoms with van der Waals surface area (Å²) in [6.07, 6.45) is 9.55. The number of hydrogen-bond donors (Lipinski definition) is 0. The standard InChI is InChI=1S/C17H28N2/c1-4-5-15-6-8-19(9-7-15)13-16-10-17(14(2)3)12-18-11-16/h10-12,14-15H,4-9,13H2,1-3H3. The molecule has 0 aliphatic carbocycles. The van der Waals surface area contributed by atoms with Crippen molar-refractivity contribution in [3.8, 4) is 0 Å². The Morgan fingerprint density at radius 2 is 2.00 bits per heavy atom. The van der Waals surface area contributed by atoms with E-state index in [0.717, 1.165) is 12.5 Å². The number of rotatable bonds is 5. The van der Waals surface area contributed by atoms with Crippen molar-refractivity contribution in [1.29, 1.82) is 0 Å². The SMILES string of the molecule is CCCC1CCN(Cc2cncc(C(C)C)c2)CC1. The maximum absolute atomic E-state index is 4.39. The van der Waals surface area contributed by atoms with Gasteiger partial charge in [0.1, 0.15) is 0 Å². The molecule has 2 nitrogen and oxygen atoms in total. The van der Waals surface area contributed by atoms with Crippen molar-refractivity contribution in [2.45, 2.75) is 58.9 Å². The van der Waals surface area contributed by atoms with E-state index in [1.54, 1.807) is 0 Å². The Bertz CT molecular complexity index is 379. The molecule has 0 N–H and O–H groups in total. The minimum atomic E-state index is 0.572. The van der Waals surface area contributed by atoms with Gasteiger partial charge in [-0.1, -0.05) is 39.7 Å². The van der Waals surface area contributed by atoms with Gasteiger partial charge < -0.3 is 0 Å². The van der Waals surface area contributed by atoms with Crippen LogP contribution in [0.2, 0.25) is 0 Å². The fourth-order valence-corrected chi connectivity index (χ4v) is 3.01. The van der Waals surface area contributed by atoms with Crippen molar-refractivity contribution in [2.24, 2.45) is 5.92 Å². The zero-order chi connectivity index (χ0) is 13.7. The molecule has 0 atom stereocenters. The molecular formula is C17H28N2. The first-order chi connectivity index (χ1) is 9.19. The van der Waals surface area contributed by atoms with E-state index in [0.29, 0.717) is 5.92 Å². The number of likely N-dealkylation sites (tertiary alicyclic amines) is 1. The van der Waals surface area contributed by atoms with Crippen molar-refractivity contribution in [3.05, 3.63) is 29.6 Å². The van der Waals surface area contributed by atoms with Crippen LogP contribution in [0.15, 0.2) is 18.5 Å². The molecule has 0 amide bonds. The molecule has 0 radical (unpaired) electrons. The highest BCUT2D eigenvalue weighted by atomic mass is 15.1. The van der Waals surface area contributed by atoms with Gasteiger partial charge in [0, 0.05) is 18.9 Å². The molecule has 1 saturated heterocycles. The summed E-state index contributed by atoms with van der Waals surface area (Å²) in [6.45, 7) is 10.4. The van der Waals surface area contributed by atoms with E-state index in [1.807, 2.05) is 12.4 Å². The maximum Gasteiger partial charge on any atom is 0.0313 e.